The van der Waals surface area contributed by atoms with Gasteiger partial charge in [0.2, 0.25) is 0 Å². The second-order valence-corrected chi connectivity index (χ2v) is 6.47. The molecule has 2 fully saturated rings. The van der Waals surface area contributed by atoms with Crippen LogP contribution in [-0.4, -0.2) is 45.9 Å². The van der Waals surface area contributed by atoms with Crippen molar-refractivity contribution in [2.75, 3.05) is 19.6 Å². The first-order chi connectivity index (χ1) is 9.70. The summed E-state index contributed by atoms with van der Waals surface area (Å²) in [5, 5.41) is 3.14. The summed E-state index contributed by atoms with van der Waals surface area (Å²) in [7, 11) is 0. The second-order valence-electron chi connectivity index (χ2n) is 5.62. The maximum Gasteiger partial charge on any atom is 0.270 e. The monoisotopic (exact) mass is 334 g/mol. The van der Waals surface area contributed by atoms with Crippen LogP contribution in [0.5, 0.6) is 0 Å². The van der Waals surface area contributed by atoms with E-state index in [-0.39, 0.29) is 11.9 Å². The van der Waals surface area contributed by atoms with Crippen LogP contribution >= 0.6 is 15.9 Å². The van der Waals surface area contributed by atoms with Crippen molar-refractivity contribution >= 4 is 27.4 Å². The Morgan fingerprint density at radius 3 is 3.10 bits per heavy atom. The predicted octanol–water partition coefficient (Wildman–Crippen LogP) is 1.53. The van der Waals surface area contributed by atoms with E-state index < -0.39 is 0 Å². The van der Waals surface area contributed by atoms with Crippen LogP contribution in [0.2, 0.25) is 0 Å². The molecule has 2 saturated heterocycles. The van der Waals surface area contributed by atoms with E-state index in [9.17, 15) is 4.79 Å². The average Bonchev–Trinajstić information content (AvgIpc) is 3.15. The minimum Gasteiger partial charge on any atom is -0.346 e. The summed E-state index contributed by atoms with van der Waals surface area (Å²) in [6.07, 6.45) is 4.79. The maximum absolute atomic E-state index is 12.3. The van der Waals surface area contributed by atoms with Gasteiger partial charge < -0.3 is 14.6 Å². The van der Waals surface area contributed by atoms with Crippen molar-refractivity contribution in [3.8, 4) is 0 Å². The largest absolute Gasteiger partial charge is 0.346 e. The molecule has 2 bridgehead atoms. The molecule has 0 radical (unpaired) electrons. The molecule has 104 valence electrons. The van der Waals surface area contributed by atoms with Gasteiger partial charge in [0, 0.05) is 29.8 Å². The lowest BCUT2D eigenvalue weighted by molar-refractivity contribution is 0.0919. The molecule has 0 spiro atoms. The van der Waals surface area contributed by atoms with Gasteiger partial charge in [0.25, 0.3) is 5.91 Å². The minimum absolute atomic E-state index is 0.0700. The maximum atomic E-state index is 12.3. The number of hydrogen-bond donors (Lipinski definition) is 1. The van der Waals surface area contributed by atoms with Crippen LogP contribution < -0.4 is 5.32 Å². The molecule has 0 aliphatic carbocycles. The van der Waals surface area contributed by atoms with Gasteiger partial charge in [-0.1, -0.05) is 0 Å². The molecule has 2 aromatic rings. The number of fused-ring (bicyclic) bond motifs is 3. The molecule has 3 atom stereocenters. The quantitative estimate of drug-likeness (QED) is 0.906. The fourth-order valence-electron chi connectivity index (χ4n) is 3.28. The van der Waals surface area contributed by atoms with Crippen LogP contribution in [0.15, 0.2) is 29.1 Å². The summed E-state index contributed by atoms with van der Waals surface area (Å²) in [4.78, 5) is 19.0. The average molecular weight is 335 g/mol. The van der Waals surface area contributed by atoms with E-state index in [0.717, 1.165) is 23.1 Å². The van der Waals surface area contributed by atoms with E-state index in [1.54, 1.807) is 6.33 Å². The third-order valence-corrected chi connectivity index (χ3v) is 5.05. The standard InChI is InChI=1S/C14H15BrN4O/c15-10-2-4-19-8-16-11(5-13(10)19)14(20)17-12-7-18-3-1-9(12)6-18/h2,4-5,8-9,12H,1,3,6-7H2,(H,17,20)/t9-,12?/m0/s1. The van der Waals surface area contributed by atoms with E-state index in [2.05, 4.69) is 31.1 Å². The molecular formula is C14H15BrN4O. The minimum atomic E-state index is -0.0700. The van der Waals surface area contributed by atoms with E-state index >= 15 is 0 Å². The van der Waals surface area contributed by atoms with E-state index in [0.29, 0.717) is 11.6 Å². The molecule has 2 aliphatic rings. The Hall–Kier alpha value is -1.40. The summed E-state index contributed by atoms with van der Waals surface area (Å²) in [6.45, 7) is 3.29. The SMILES string of the molecule is O=C(NC1CN2CC[C@H]1C2)c1cc2c(Br)ccn2cn1. The topological polar surface area (TPSA) is 49.6 Å². The van der Waals surface area contributed by atoms with Crippen molar-refractivity contribution in [2.24, 2.45) is 5.92 Å². The van der Waals surface area contributed by atoms with Crippen LogP contribution in [0, 0.1) is 5.92 Å². The number of nitrogens with one attached hydrogen (secondary N) is 1. The number of aromatic nitrogens is 2. The highest BCUT2D eigenvalue weighted by Gasteiger charge is 2.38. The zero-order valence-corrected chi connectivity index (χ0v) is 12.5. The molecule has 2 unspecified atom stereocenters. The number of rotatable bonds is 2. The van der Waals surface area contributed by atoms with Crippen molar-refractivity contribution in [3.05, 3.63) is 34.8 Å². The summed E-state index contributed by atoms with van der Waals surface area (Å²) in [5.41, 5.74) is 1.44. The Morgan fingerprint density at radius 1 is 1.45 bits per heavy atom. The fraction of sp³-hybridized carbons (Fsp3) is 0.429. The number of halogens is 1. The lowest BCUT2D eigenvalue weighted by Gasteiger charge is -2.22. The number of carbonyl (C=O) groups is 1. The molecule has 1 N–H and O–H groups in total. The number of amides is 1. The first-order valence-electron chi connectivity index (χ1n) is 6.86. The lowest BCUT2D eigenvalue weighted by atomic mass is 10.00. The zero-order chi connectivity index (χ0) is 13.7. The van der Waals surface area contributed by atoms with Crippen molar-refractivity contribution in [3.63, 3.8) is 0 Å². The molecule has 5 nitrogen and oxygen atoms in total. The van der Waals surface area contributed by atoms with Gasteiger partial charge in [0.05, 0.1) is 5.52 Å². The van der Waals surface area contributed by atoms with Gasteiger partial charge in [-0.3, -0.25) is 4.79 Å². The third-order valence-electron chi connectivity index (χ3n) is 4.38. The number of carbonyl (C=O) groups excluding carboxylic acids is 1. The molecule has 4 heterocycles. The molecule has 2 aromatic heterocycles. The van der Waals surface area contributed by atoms with Gasteiger partial charge in [-0.25, -0.2) is 4.98 Å². The second kappa shape index (κ2) is 4.56. The summed E-state index contributed by atoms with van der Waals surface area (Å²) in [5.74, 6) is 0.544. The zero-order valence-electron chi connectivity index (χ0n) is 10.9. The highest BCUT2D eigenvalue weighted by molar-refractivity contribution is 9.10. The van der Waals surface area contributed by atoms with Crippen LogP contribution in [0.4, 0.5) is 0 Å². The summed E-state index contributed by atoms with van der Waals surface area (Å²) < 4.78 is 2.87. The smallest absolute Gasteiger partial charge is 0.270 e. The van der Waals surface area contributed by atoms with Gasteiger partial charge in [0.1, 0.15) is 12.0 Å². The summed E-state index contributed by atoms with van der Waals surface area (Å²) >= 11 is 3.48. The molecule has 4 rings (SSSR count). The van der Waals surface area contributed by atoms with Gasteiger partial charge in [-0.05, 0) is 46.9 Å². The Morgan fingerprint density at radius 2 is 2.35 bits per heavy atom. The molecular weight excluding hydrogens is 320 g/mol. The van der Waals surface area contributed by atoms with E-state index in [1.807, 2.05) is 22.7 Å². The molecule has 2 aliphatic heterocycles. The van der Waals surface area contributed by atoms with Crippen LogP contribution in [0.1, 0.15) is 16.9 Å². The van der Waals surface area contributed by atoms with Gasteiger partial charge in [0.15, 0.2) is 0 Å². The Bertz CT molecular complexity index is 683. The molecule has 0 aromatic carbocycles. The van der Waals surface area contributed by atoms with Crippen molar-refractivity contribution in [1.82, 2.24) is 19.6 Å². The number of nitrogens with zero attached hydrogens (tertiary/aromatic N) is 3. The van der Waals surface area contributed by atoms with Crippen LogP contribution in [-0.2, 0) is 0 Å². The van der Waals surface area contributed by atoms with Crippen LogP contribution in [0.3, 0.4) is 0 Å². The Labute approximate surface area is 125 Å². The normalized spacial score (nSPS) is 28.1. The fourth-order valence-corrected chi connectivity index (χ4v) is 3.72. The predicted molar refractivity (Wildman–Crippen MR) is 78.7 cm³/mol. The highest BCUT2D eigenvalue weighted by atomic mass is 79.9. The third kappa shape index (κ3) is 1.94. The number of hydrogen-bond acceptors (Lipinski definition) is 3. The number of piperidine rings is 1. The van der Waals surface area contributed by atoms with E-state index in [4.69, 9.17) is 0 Å². The first-order valence-corrected chi connectivity index (χ1v) is 7.65. The highest BCUT2D eigenvalue weighted by Crippen LogP contribution is 2.28. The molecule has 20 heavy (non-hydrogen) atoms. The van der Waals surface area contributed by atoms with Crippen molar-refractivity contribution < 1.29 is 4.79 Å². The molecule has 6 heteroatoms. The van der Waals surface area contributed by atoms with Gasteiger partial charge in [-0.15, -0.1) is 0 Å². The Balaban J connectivity index is 1.56. The molecule has 1 amide bonds. The summed E-state index contributed by atoms with van der Waals surface area (Å²) in [6, 6.07) is 4.05. The van der Waals surface area contributed by atoms with Gasteiger partial charge >= 0.3 is 0 Å². The van der Waals surface area contributed by atoms with Gasteiger partial charge in [-0.2, -0.15) is 0 Å². The first kappa shape index (κ1) is 12.3. The van der Waals surface area contributed by atoms with Crippen molar-refractivity contribution in [2.45, 2.75) is 12.5 Å². The molecule has 0 saturated carbocycles. The van der Waals surface area contributed by atoms with E-state index in [1.165, 1.54) is 13.0 Å². The Kier molecular flexibility index (Phi) is 2.82. The van der Waals surface area contributed by atoms with Crippen LogP contribution in [0.25, 0.3) is 5.52 Å². The lowest BCUT2D eigenvalue weighted by Crippen LogP contribution is -2.43. The van der Waals surface area contributed by atoms with Crippen molar-refractivity contribution in [1.29, 1.82) is 0 Å².